The Morgan fingerprint density at radius 2 is 1.82 bits per heavy atom. The Bertz CT molecular complexity index is 231. The third kappa shape index (κ3) is 9.96. The molecule has 5 nitrogen and oxygen atoms in total. The number of rotatable bonds is 9. The molecule has 0 radical (unpaired) electrons. The number of hydrogen-bond acceptors (Lipinski definition) is 5. The van der Waals surface area contributed by atoms with Gasteiger partial charge in [0.05, 0.1) is 12.6 Å². The van der Waals surface area contributed by atoms with Crippen LogP contribution < -0.4 is 5.73 Å². The number of carbonyl (C=O) groups is 2. The van der Waals surface area contributed by atoms with Crippen molar-refractivity contribution in [3.63, 3.8) is 0 Å². The molecule has 0 aliphatic carbocycles. The standard InChI is InChI=1S/C12H23NO4/c1-2-10(14)7-5-3-4-6-8-11(15)17-12(16)9-13/h10,14H,2-9,13H2,1H3. The number of esters is 2. The summed E-state index contributed by atoms with van der Waals surface area (Å²) >= 11 is 0. The zero-order chi connectivity index (χ0) is 13.1. The largest absolute Gasteiger partial charge is 0.393 e. The molecule has 100 valence electrons. The van der Waals surface area contributed by atoms with E-state index in [1.165, 1.54) is 0 Å². The van der Waals surface area contributed by atoms with Crippen molar-refractivity contribution in [2.45, 2.75) is 58.0 Å². The zero-order valence-corrected chi connectivity index (χ0v) is 10.5. The first-order valence-electron chi connectivity index (χ1n) is 6.21. The third-order valence-electron chi connectivity index (χ3n) is 2.53. The fourth-order valence-corrected chi connectivity index (χ4v) is 1.43. The number of aliphatic hydroxyl groups is 1. The topological polar surface area (TPSA) is 89.6 Å². The lowest BCUT2D eigenvalue weighted by Gasteiger charge is -2.06. The van der Waals surface area contributed by atoms with E-state index in [4.69, 9.17) is 5.73 Å². The maximum Gasteiger partial charge on any atom is 0.327 e. The molecular weight excluding hydrogens is 222 g/mol. The predicted molar refractivity (Wildman–Crippen MR) is 64.2 cm³/mol. The molecule has 0 bridgehead atoms. The Balaban J connectivity index is 3.33. The van der Waals surface area contributed by atoms with Crippen molar-refractivity contribution in [3.8, 4) is 0 Å². The molecule has 1 unspecified atom stereocenters. The highest BCUT2D eigenvalue weighted by atomic mass is 16.6. The van der Waals surface area contributed by atoms with E-state index in [-0.39, 0.29) is 19.1 Å². The summed E-state index contributed by atoms with van der Waals surface area (Å²) in [6.45, 7) is 1.69. The van der Waals surface area contributed by atoms with E-state index in [9.17, 15) is 14.7 Å². The van der Waals surface area contributed by atoms with Gasteiger partial charge in [0.15, 0.2) is 0 Å². The number of aliphatic hydroxyl groups excluding tert-OH is 1. The SMILES string of the molecule is CCC(O)CCCCCCC(=O)OC(=O)CN. The van der Waals surface area contributed by atoms with Crippen molar-refractivity contribution in [3.05, 3.63) is 0 Å². The molecule has 0 aliphatic rings. The second-order valence-electron chi connectivity index (χ2n) is 4.07. The maximum absolute atomic E-state index is 11.1. The van der Waals surface area contributed by atoms with Crippen molar-refractivity contribution in [1.82, 2.24) is 0 Å². The van der Waals surface area contributed by atoms with Gasteiger partial charge < -0.3 is 15.6 Å². The van der Waals surface area contributed by atoms with E-state index in [1.807, 2.05) is 6.92 Å². The first-order valence-corrected chi connectivity index (χ1v) is 6.21. The van der Waals surface area contributed by atoms with Gasteiger partial charge in [-0.05, 0) is 19.3 Å². The molecule has 0 rings (SSSR count). The van der Waals surface area contributed by atoms with Crippen LogP contribution in [0.1, 0.15) is 51.9 Å². The summed E-state index contributed by atoms with van der Waals surface area (Å²) in [6, 6.07) is 0. The number of nitrogens with two attached hydrogens (primary N) is 1. The van der Waals surface area contributed by atoms with Crippen LogP contribution in [0.3, 0.4) is 0 Å². The maximum atomic E-state index is 11.1. The van der Waals surface area contributed by atoms with Gasteiger partial charge in [-0.1, -0.05) is 26.2 Å². The van der Waals surface area contributed by atoms with Crippen LogP contribution in [0.5, 0.6) is 0 Å². The van der Waals surface area contributed by atoms with Crippen LogP contribution in [0.15, 0.2) is 0 Å². The molecule has 0 saturated heterocycles. The first kappa shape index (κ1) is 16.1. The van der Waals surface area contributed by atoms with E-state index in [2.05, 4.69) is 4.74 Å². The van der Waals surface area contributed by atoms with E-state index >= 15 is 0 Å². The highest BCUT2D eigenvalue weighted by Crippen LogP contribution is 2.09. The van der Waals surface area contributed by atoms with Crippen LogP contribution in [0, 0.1) is 0 Å². The third-order valence-corrected chi connectivity index (χ3v) is 2.53. The number of hydrogen-bond donors (Lipinski definition) is 2. The van der Waals surface area contributed by atoms with E-state index in [0.29, 0.717) is 6.42 Å². The summed E-state index contributed by atoms with van der Waals surface area (Å²) in [5.74, 6) is -1.19. The van der Waals surface area contributed by atoms with Gasteiger partial charge in [0.25, 0.3) is 0 Å². The number of carbonyl (C=O) groups excluding carboxylic acids is 2. The molecule has 5 heteroatoms. The molecule has 3 N–H and O–H groups in total. The molecule has 0 aromatic rings. The molecule has 17 heavy (non-hydrogen) atoms. The molecule has 0 aliphatic heterocycles. The van der Waals surface area contributed by atoms with Crippen molar-refractivity contribution in [1.29, 1.82) is 0 Å². The average Bonchev–Trinajstić information content (AvgIpc) is 2.32. The molecule has 0 aromatic heterocycles. The van der Waals surface area contributed by atoms with E-state index in [1.54, 1.807) is 0 Å². The Morgan fingerprint density at radius 3 is 2.41 bits per heavy atom. The number of ether oxygens (including phenoxy) is 1. The van der Waals surface area contributed by atoms with Gasteiger partial charge in [-0.25, -0.2) is 0 Å². The second-order valence-corrected chi connectivity index (χ2v) is 4.07. The monoisotopic (exact) mass is 245 g/mol. The van der Waals surface area contributed by atoms with Gasteiger partial charge in [-0.15, -0.1) is 0 Å². The zero-order valence-electron chi connectivity index (χ0n) is 10.5. The van der Waals surface area contributed by atoms with Crippen molar-refractivity contribution in [2.75, 3.05) is 6.54 Å². The Hall–Kier alpha value is -0.940. The van der Waals surface area contributed by atoms with Gasteiger partial charge in [-0.2, -0.15) is 0 Å². The van der Waals surface area contributed by atoms with Gasteiger partial charge >= 0.3 is 11.9 Å². The summed E-state index contributed by atoms with van der Waals surface area (Å²) in [4.78, 5) is 21.7. The Labute approximate surface area is 102 Å². The quantitative estimate of drug-likeness (QED) is 0.361. The second kappa shape index (κ2) is 10.2. The summed E-state index contributed by atoms with van der Waals surface area (Å²) in [7, 11) is 0. The number of unbranched alkanes of at least 4 members (excludes halogenated alkanes) is 3. The normalized spacial score (nSPS) is 12.2. The van der Waals surface area contributed by atoms with Crippen LogP contribution in [0.25, 0.3) is 0 Å². The summed E-state index contributed by atoms with van der Waals surface area (Å²) in [6.07, 6.45) is 5.20. The van der Waals surface area contributed by atoms with Gasteiger partial charge in [0.1, 0.15) is 0 Å². The molecule has 0 saturated carbocycles. The van der Waals surface area contributed by atoms with Crippen molar-refractivity contribution in [2.24, 2.45) is 5.73 Å². The van der Waals surface area contributed by atoms with Crippen LogP contribution in [0.2, 0.25) is 0 Å². The molecular formula is C12H23NO4. The smallest absolute Gasteiger partial charge is 0.327 e. The molecule has 0 spiro atoms. The van der Waals surface area contributed by atoms with Crippen molar-refractivity contribution < 1.29 is 19.4 Å². The molecule has 0 fully saturated rings. The van der Waals surface area contributed by atoms with Crippen LogP contribution >= 0.6 is 0 Å². The Morgan fingerprint density at radius 1 is 1.18 bits per heavy atom. The Kier molecular flexibility index (Phi) is 9.66. The summed E-state index contributed by atoms with van der Waals surface area (Å²) < 4.78 is 4.42. The first-order chi connectivity index (χ1) is 8.10. The summed E-state index contributed by atoms with van der Waals surface area (Å²) in [5, 5.41) is 9.31. The minimum absolute atomic E-state index is 0.206. The van der Waals surface area contributed by atoms with Crippen LogP contribution in [-0.2, 0) is 14.3 Å². The fourth-order valence-electron chi connectivity index (χ4n) is 1.43. The minimum Gasteiger partial charge on any atom is -0.393 e. The minimum atomic E-state index is -0.680. The molecule has 0 heterocycles. The lowest BCUT2D eigenvalue weighted by Crippen LogP contribution is -2.20. The fraction of sp³-hybridized carbons (Fsp3) is 0.833. The van der Waals surface area contributed by atoms with Crippen LogP contribution in [0.4, 0.5) is 0 Å². The van der Waals surface area contributed by atoms with E-state index in [0.717, 1.165) is 32.1 Å². The van der Waals surface area contributed by atoms with Crippen LogP contribution in [-0.4, -0.2) is 29.7 Å². The lowest BCUT2D eigenvalue weighted by molar-refractivity contribution is -0.158. The highest BCUT2D eigenvalue weighted by molar-refractivity contribution is 5.86. The van der Waals surface area contributed by atoms with E-state index < -0.39 is 11.9 Å². The highest BCUT2D eigenvalue weighted by Gasteiger charge is 2.07. The molecule has 1 atom stereocenters. The molecule has 0 amide bonds. The lowest BCUT2D eigenvalue weighted by atomic mass is 10.1. The predicted octanol–water partition coefficient (Wildman–Crippen LogP) is 1.13. The van der Waals surface area contributed by atoms with Gasteiger partial charge in [-0.3, -0.25) is 9.59 Å². The summed E-state index contributed by atoms with van der Waals surface area (Å²) in [5.41, 5.74) is 5.01. The molecule has 0 aromatic carbocycles. The van der Waals surface area contributed by atoms with Crippen molar-refractivity contribution >= 4 is 11.9 Å². The van der Waals surface area contributed by atoms with Gasteiger partial charge in [0.2, 0.25) is 0 Å². The average molecular weight is 245 g/mol. The van der Waals surface area contributed by atoms with Gasteiger partial charge in [0, 0.05) is 6.42 Å².